The van der Waals surface area contributed by atoms with Crippen LogP contribution in [0.3, 0.4) is 0 Å². The van der Waals surface area contributed by atoms with E-state index in [1.54, 1.807) is 24.3 Å². The number of fused-ring (bicyclic) bond motifs is 1. The molecule has 0 bridgehead atoms. The van der Waals surface area contributed by atoms with Crippen molar-refractivity contribution in [2.24, 2.45) is 7.05 Å². The van der Waals surface area contributed by atoms with Crippen molar-refractivity contribution in [3.05, 3.63) is 48.0 Å². The average molecular weight is 429 g/mol. The predicted molar refractivity (Wildman–Crippen MR) is 121 cm³/mol. The Morgan fingerprint density at radius 2 is 1.80 bits per heavy atom. The van der Waals surface area contributed by atoms with E-state index in [1.165, 1.54) is 0 Å². The second-order valence-corrected chi connectivity index (χ2v) is 9.15. The van der Waals surface area contributed by atoms with Gasteiger partial charge in [-0.3, -0.25) is 9.52 Å². The van der Waals surface area contributed by atoms with E-state index in [2.05, 4.69) is 15.0 Å². The van der Waals surface area contributed by atoms with E-state index in [9.17, 15) is 13.2 Å². The molecular weight excluding hydrogens is 400 g/mol. The van der Waals surface area contributed by atoms with Gasteiger partial charge >= 0.3 is 0 Å². The summed E-state index contributed by atoms with van der Waals surface area (Å²) in [5.74, 6) is 0.762. The van der Waals surface area contributed by atoms with Crippen molar-refractivity contribution in [3.63, 3.8) is 0 Å². The van der Waals surface area contributed by atoms with Crippen LogP contribution >= 0.6 is 0 Å². The van der Waals surface area contributed by atoms with Gasteiger partial charge in [0.05, 0.1) is 22.5 Å². The van der Waals surface area contributed by atoms with E-state index in [1.807, 2.05) is 43.7 Å². The zero-order valence-electron chi connectivity index (χ0n) is 17.6. The monoisotopic (exact) mass is 428 g/mol. The zero-order valence-corrected chi connectivity index (χ0v) is 18.4. The van der Waals surface area contributed by atoms with Gasteiger partial charge in [0.1, 0.15) is 5.82 Å². The highest BCUT2D eigenvalue weighted by molar-refractivity contribution is 7.92. The Balaban J connectivity index is 1.85. The lowest BCUT2D eigenvalue weighted by Crippen LogP contribution is -2.23. The molecule has 0 aliphatic rings. The topological polar surface area (TPSA) is 93.1 Å². The summed E-state index contributed by atoms with van der Waals surface area (Å²) in [6.45, 7) is 4.62. The maximum atomic E-state index is 12.2. The maximum Gasteiger partial charge on any atom is 0.251 e. The molecule has 0 saturated heterocycles. The molecule has 0 radical (unpaired) electrons. The summed E-state index contributed by atoms with van der Waals surface area (Å²) in [6, 6.07) is 12.7. The molecule has 0 fully saturated rings. The molecule has 1 aromatic heterocycles. The summed E-state index contributed by atoms with van der Waals surface area (Å²) in [5.41, 5.74) is 3.59. The Morgan fingerprint density at radius 1 is 1.07 bits per heavy atom. The van der Waals surface area contributed by atoms with E-state index in [-0.39, 0.29) is 11.7 Å². The van der Waals surface area contributed by atoms with Crippen molar-refractivity contribution in [1.82, 2.24) is 14.9 Å². The molecule has 0 atom stereocenters. The molecule has 30 heavy (non-hydrogen) atoms. The van der Waals surface area contributed by atoms with Gasteiger partial charge in [0, 0.05) is 24.7 Å². The standard InChI is InChI=1S/C22H28N4O3S/c1-4-6-14-30(28,29)25-18-11-12-20-19(15-18)24-21(26(20)3)16-7-9-17(10-8-16)22(27)23-13-5-2/h7-12,15,25H,4-6,13-14H2,1-3H3,(H,23,27). The third-order valence-electron chi connectivity index (χ3n) is 4.86. The Bertz CT molecular complexity index is 1140. The summed E-state index contributed by atoms with van der Waals surface area (Å²) in [6.07, 6.45) is 2.33. The quantitative estimate of drug-likeness (QED) is 0.540. The highest BCUT2D eigenvalue weighted by Crippen LogP contribution is 2.26. The second-order valence-electron chi connectivity index (χ2n) is 7.31. The van der Waals surface area contributed by atoms with Crippen LogP contribution in [0, 0.1) is 0 Å². The molecule has 3 rings (SSSR count). The van der Waals surface area contributed by atoms with Gasteiger partial charge in [0.2, 0.25) is 10.0 Å². The number of aryl methyl sites for hydroxylation is 1. The summed E-state index contributed by atoms with van der Waals surface area (Å²) in [5, 5.41) is 2.86. The van der Waals surface area contributed by atoms with Gasteiger partial charge in [0.15, 0.2) is 0 Å². The van der Waals surface area contributed by atoms with Gasteiger partial charge in [-0.25, -0.2) is 13.4 Å². The van der Waals surface area contributed by atoms with Crippen LogP contribution in [0.25, 0.3) is 22.4 Å². The first-order chi connectivity index (χ1) is 14.3. The number of amides is 1. The number of hydrogen-bond donors (Lipinski definition) is 2. The van der Waals surface area contributed by atoms with Gasteiger partial charge in [-0.15, -0.1) is 0 Å². The van der Waals surface area contributed by atoms with Gasteiger partial charge in [-0.1, -0.05) is 32.4 Å². The minimum atomic E-state index is -3.36. The highest BCUT2D eigenvalue weighted by Gasteiger charge is 2.14. The number of carbonyl (C=O) groups is 1. The van der Waals surface area contributed by atoms with Crippen LogP contribution in [0.4, 0.5) is 5.69 Å². The molecule has 0 aliphatic carbocycles. The van der Waals surface area contributed by atoms with Crippen molar-refractivity contribution >= 4 is 32.7 Å². The number of hydrogen-bond acceptors (Lipinski definition) is 4. The van der Waals surface area contributed by atoms with Crippen LogP contribution in [-0.4, -0.2) is 36.2 Å². The molecule has 160 valence electrons. The Labute approximate surface area is 177 Å². The minimum absolute atomic E-state index is 0.0894. The van der Waals surface area contributed by atoms with Gasteiger partial charge in [-0.05, 0) is 43.2 Å². The number of carbonyl (C=O) groups excluding carboxylic acids is 1. The summed E-state index contributed by atoms with van der Waals surface area (Å²) in [4.78, 5) is 16.8. The largest absolute Gasteiger partial charge is 0.352 e. The van der Waals surface area contributed by atoms with Crippen LogP contribution in [0.2, 0.25) is 0 Å². The van der Waals surface area contributed by atoms with E-state index in [4.69, 9.17) is 0 Å². The molecule has 0 spiro atoms. The van der Waals surface area contributed by atoms with Gasteiger partial charge in [0.25, 0.3) is 5.91 Å². The number of nitrogens with one attached hydrogen (secondary N) is 2. The third kappa shape index (κ3) is 4.99. The molecule has 2 N–H and O–H groups in total. The summed E-state index contributed by atoms with van der Waals surface area (Å²) < 4.78 is 28.9. The van der Waals surface area contributed by atoms with E-state index < -0.39 is 10.0 Å². The van der Waals surface area contributed by atoms with Crippen molar-refractivity contribution < 1.29 is 13.2 Å². The van der Waals surface area contributed by atoms with Crippen LogP contribution in [-0.2, 0) is 17.1 Å². The normalized spacial score (nSPS) is 11.6. The lowest BCUT2D eigenvalue weighted by molar-refractivity contribution is 0.0953. The third-order valence-corrected chi connectivity index (χ3v) is 6.23. The SMILES string of the molecule is CCCCS(=O)(=O)Nc1ccc2c(c1)nc(-c1ccc(C(=O)NCCC)cc1)n2C. The van der Waals surface area contributed by atoms with Gasteiger partial charge in [-0.2, -0.15) is 0 Å². The Hall–Kier alpha value is -2.87. The van der Waals surface area contributed by atoms with E-state index in [0.717, 1.165) is 29.7 Å². The molecule has 0 unspecified atom stereocenters. The molecule has 0 saturated carbocycles. The van der Waals surface area contributed by atoms with Crippen molar-refractivity contribution in [3.8, 4) is 11.4 Å². The van der Waals surface area contributed by atoms with E-state index in [0.29, 0.717) is 29.7 Å². The fourth-order valence-corrected chi connectivity index (χ4v) is 4.45. The maximum absolute atomic E-state index is 12.2. The van der Waals surface area contributed by atoms with Gasteiger partial charge < -0.3 is 9.88 Å². The highest BCUT2D eigenvalue weighted by atomic mass is 32.2. The fraction of sp³-hybridized carbons (Fsp3) is 0.364. The molecule has 1 amide bonds. The summed E-state index contributed by atoms with van der Waals surface area (Å²) >= 11 is 0. The lowest BCUT2D eigenvalue weighted by Gasteiger charge is -2.07. The van der Waals surface area contributed by atoms with Crippen LogP contribution in [0.5, 0.6) is 0 Å². The molecule has 8 heteroatoms. The van der Waals surface area contributed by atoms with E-state index >= 15 is 0 Å². The Kier molecular flexibility index (Phi) is 6.77. The first-order valence-corrected chi connectivity index (χ1v) is 11.9. The number of sulfonamides is 1. The zero-order chi connectivity index (χ0) is 21.7. The molecule has 3 aromatic rings. The predicted octanol–water partition coefficient (Wildman–Crippen LogP) is 3.92. The molecular formula is C22H28N4O3S. The number of imidazole rings is 1. The molecule has 7 nitrogen and oxygen atoms in total. The number of anilines is 1. The van der Waals surface area contributed by atoms with Crippen molar-refractivity contribution in [1.29, 1.82) is 0 Å². The van der Waals surface area contributed by atoms with Crippen LogP contribution in [0.15, 0.2) is 42.5 Å². The lowest BCUT2D eigenvalue weighted by atomic mass is 10.1. The number of nitrogens with zero attached hydrogens (tertiary/aromatic N) is 2. The van der Waals surface area contributed by atoms with Crippen LogP contribution < -0.4 is 10.0 Å². The number of aromatic nitrogens is 2. The van der Waals surface area contributed by atoms with Crippen molar-refractivity contribution in [2.75, 3.05) is 17.0 Å². The first-order valence-electron chi connectivity index (χ1n) is 10.2. The number of benzene rings is 2. The minimum Gasteiger partial charge on any atom is -0.352 e. The molecule has 2 aromatic carbocycles. The van der Waals surface area contributed by atoms with Crippen molar-refractivity contribution in [2.45, 2.75) is 33.1 Å². The first kappa shape index (κ1) is 21.8. The van der Waals surface area contributed by atoms with Crippen LogP contribution in [0.1, 0.15) is 43.5 Å². The second kappa shape index (κ2) is 9.30. The fourth-order valence-electron chi connectivity index (χ4n) is 3.20. The smallest absolute Gasteiger partial charge is 0.251 e. The molecule has 0 aliphatic heterocycles. The average Bonchev–Trinajstić information content (AvgIpc) is 3.06. The summed E-state index contributed by atoms with van der Waals surface area (Å²) in [7, 11) is -1.45. The molecule has 1 heterocycles. The number of unbranched alkanes of at least 4 members (excludes halogenated alkanes) is 1. The Morgan fingerprint density at radius 3 is 2.47 bits per heavy atom. The number of rotatable bonds is 9.